The molecule has 112 valence electrons. The van der Waals surface area contributed by atoms with E-state index in [-0.39, 0.29) is 17.9 Å². The smallest absolute Gasteiger partial charge is 0.225 e. The van der Waals surface area contributed by atoms with E-state index in [0.29, 0.717) is 32.2 Å². The number of amides is 1. The van der Waals surface area contributed by atoms with Crippen molar-refractivity contribution in [1.82, 2.24) is 4.90 Å². The Labute approximate surface area is 116 Å². The number of hydrogen-bond acceptors (Lipinski definition) is 4. The fourth-order valence-electron chi connectivity index (χ4n) is 2.57. The molecule has 2 N–H and O–H groups in total. The van der Waals surface area contributed by atoms with E-state index in [9.17, 15) is 4.79 Å². The Bertz CT molecular complexity index is 265. The SMILES string of the molecule is COCCN(CCOC)C(=O)C1CCC(C)C(N)C1. The molecule has 19 heavy (non-hydrogen) atoms. The third kappa shape index (κ3) is 5.09. The van der Waals surface area contributed by atoms with Crippen LogP contribution >= 0.6 is 0 Å². The summed E-state index contributed by atoms with van der Waals surface area (Å²) in [5.74, 6) is 0.798. The first-order valence-corrected chi connectivity index (χ1v) is 7.12. The molecule has 1 saturated carbocycles. The summed E-state index contributed by atoms with van der Waals surface area (Å²) in [5, 5.41) is 0. The van der Waals surface area contributed by atoms with E-state index in [1.54, 1.807) is 14.2 Å². The van der Waals surface area contributed by atoms with Crippen LogP contribution < -0.4 is 5.73 Å². The molecule has 0 aromatic heterocycles. The van der Waals surface area contributed by atoms with Gasteiger partial charge in [0.2, 0.25) is 5.91 Å². The molecule has 1 fully saturated rings. The van der Waals surface area contributed by atoms with Gasteiger partial charge >= 0.3 is 0 Å². The van der Waals surface area contributed by atoms with Crippen LogP contribution in [0.15, 0.2) is 0 Å². The third-order valence-electron chi connectivity index (χ3n) is 4.05. The Hall–Kier alpha value is -0.650. The first-order valence-electron chi connectivity index (χ1n) is 7.12. The van der Waals surface area contributed by atoms with Gasteiger partial charge in [-0.25, -0.2) is 0 Å². The summed E-state index contributed by atoms with van der Waals surface area (Å²) < 4.78 is 10.1. The van der Waals surface area contributed by atoms with Crippen molar-refractivity contribution in [2.75, 3.05) is 40.5 Å². The van der Waals surface area contributed by atoms with Crippen LogP contribution in [0, 0.1) is 11.8 Å². The van der Waals surface area contributed by atoms with E-state index in [2.05, 4.69) is 6.92 Å². The van der Waals surface area contributed by atoms with Crippen LogP contribution in [-0.4, -0.2) is 57.4 Å². The monoisotopic (exact) mass is 272 g/mol. The van der Waals surface area contributed by atoms with Crippen molar-refractivity contribution in [3.63, 3.8) is 0 Å². The highest BCUT2D eigenvalue weighted by molar-refractivity contribution is 5.79. The minimum Gasteiger partial charge on any atom is -0.383 e. The maximum absolute atomic E-state index is 12.5. The Morgan fingerprint density at radius 2 is 1.79 bits per heavy atom. The molecular formula is C14H28N2O3. The molecule has 0 bridgehead atoms. The number of ether oxygens (including phenoxy) is 2. The molecule has 0 spiro atoms. The molecule has 5 nitrogen and oxygen atoms in total. The summed E-state index contributed by atoms with van der Waals surface area (Å²) >= 11 is 0. The Kier molecular flexibility index (Phi) is 7.34. The minimum absolute atomic E-state index is 0.0694. The number of carbonyl (C=O) groups excluding carboxylic acids is 1. The van der Waals surface area contributed by atoms with Crippen molar-refractivity contribution in [2.24, 2.45) is 17.6 Å². The first kappa shape index (κ1) is 16.4. The first-order chi connectivity index (χ1) is 9.10. The van der Waals surface area contributed by atoms with E-state index in [1.807, 2.05) is 4.90 Å². The molecule has 0 radical (unpaired) electrons. The average molecular weight is 272 g/mol. The van der Waals surface area contributed by atoms with Crippen LogP contribution in [0.25, 0.3) is 0 Å². The van der Waals surface area contributed by atoms with E-state index in [4.69, 9.17) is 15.2 Å². The number of rotatable bonds is 7. The molecule has 5 heteroatoms. The summed E-state index contributed by atoms with van der Waals surface area (Å²) in [6.45, 7) is 4.54. The Balaban J connectivity index is 2.54. The van der Waals surface area contributed by atoms with Gasteiger partial charge < -0.3 is 20.1 Å². The number of carbonyl (C=O) groups is 1. The maximum Gasteiger partial charge on any atom is 0.225 e. The highest BCUT2D eigenvalue weighted by Crippen LogP contribution is 2.28. The van der Waals surface area contributed by atoms with Crippen LogP contribution in [0.1, 0.15) is 26.2 Å². The number of nitrogens with zero attached hydrogens (tertiary/aromatic N) is 1. The molecule has 0 saturated heterocycles. The Morgan fingerprint density at radius 3 is 2.26 bits per heavy atom. The molecule has 1 amide bonds. The van der Waals surface area contributed by atoms with E-state index < -0.39 is 0 Å². The zero-order chi connectivity index (χ0) is 14.3. The molecule has 3 unspecified atom stereocenters. The van der Waals surface area contributed by atoms with Gasteiger partial charge in [0.15, 0.2) is 0 Å². The van der Waals surface area contributed by atoms with Crippen LogP contribution in [0.3, 0.4) is 0 Å². The van der Waals surface area contributed by atoms with Crippen molar-refractivity contribution in [2.45, 2.75) is 32.2 Å². The number of hydrogen-bond donors (Lipinski definition) is 1. The summed E-state index contributed by atoms with van der Waals surface area (Å²) in [6.07, 6.45) is 2.79. The lowest BCUT2D eigenvalue weighted by Crippen LogP contribution is -2.45. The van der Waals surface area contributed by atoms with Gasteiger partial charge in [-0.3, -0.25) is 4.79 Å². The molecule has 3 atom stereocenters. The number of nitrogens with two attached hydrogens (primary N) is 1. The lowest BCUT2D eigenvalue weighted by atomic mass is 9.79. The summed E-state index contributed by atoms with van der Waals surface area (Å²) in [7, 11) is 3.30. The quantitative estimate of drug-likeness (QED) is 0.747. The van der Waals surface area contributed by atoms with Crippen molar-refractivity contribution in [3.05, 3.63) is 0 Å². The molecule has 1 aliphatic rings. The van der Waals surface area contributed by atoms with E-state index in [1.165, 1.54) is 0 Å². The normalized spacial score (nSPS) is 27.3. The summed E-state index contributed by atoms with van der Waals surface area (Å²) in [5.41, 5.74) is 6.09. The highest BCUT2D eigenvalue weighted by Gasteiger charge is 2.31. The van der Waals surface area contributed by atoms with Gasteiger partial charge in [-0.2, -0.15) is 0 Å². The van der Waals surface area contributed by atoms with E-state index >= 15 is 0 Å². The molecule has 0 heterocycles. The molecule has 1 rings (SSSR count). The zero-order valence-electron chi connectivity index (χ0n) is 12.4. The summed E-state index contributed by atoms with van der Waals surface area (Å²) in [4.78, 5) is 14.4. The van der Waals surface area contributed by atoms with Gasteiger partial charge in [0.25, 0.3) is 0 Å². The number of methoxy groups -OCH3 is 2. The van der Waals surface area contributed by atoms with Crippen molar-refractivity contribution < 1.29 is 14.3 Å². The fraction of sp³-hybridized carbons (Fsp3) is 0.929. The van der Waals surface area contributed by atoms with Gasteiger partial charge in [-0.1, -0.05) is 6.92 Å². The average Bonchev–Trinajstić information content (AvgIpc) is 2.41. The van der Waals surface area contributed by atoms with Gasteiger partial charge in [-0.05, 0) is 25.2 Å². The van der Waals surface area contributed by atoms with Crippen LogP contribution in [0.2, 0.25) is 0 Å². The fourth-order valence-corrected chi connectivity index (χ4v) is 2.57. The third-order valence-corrected chi connectivity index (χ3v) is 4.05. The molecule has 1 aliphatic carbocycles. The molecule has 0 aromatic rings. The highest BCUT2D eigenvalue weighted by atomic mass is 16.5. The van der Waals surface area contributed by atoms with Gasteiger partial charge in [-0.15, -0.1) is 0 Å². The summed E-state index contributed by atoms with van der Waals surface area (Å²) in [6, 6.07) is 0.148. The van der Waals surface area contributed by atoms with Crippen LogP contribution in [0.5, 0.6) is 0 Å². The Morgan fingerprint density at radius 1 is 1.21 bits per heavy atom. The van der Waals surface area contributed by atoms with Gasteiger partial charge in [0, 0.05) is 39.3 Å². The lowest BCUT2D eigenvalue weighted by molar-refractivity contribution is -0.138. The second kappa shape index (κ2) is 8.51. The van der Waals surface area contributed by atoms with Crippen LogP contribution in [0.4, 0.5) is 0 Å². The predicted octanol–water partition coefficient (Wildman–Crippen LogP) is 0.871. The maximum atomic E-state index is 12.5. The lowest BCUT2D eigenvalue weighted by Gasteiger charge is -2.34. The largest absolute Gasteiger partial charge is 0.383 e. The van der Waals surface area contributed by atoms with Crippen molar-refractivity contribution >= 4 is 5.91 Å². The second-order valence-corrected chi connectivity index (χ2v) is 5.46. The second-order valence-electron chi connectivity index (χ2n) is 5.46. The van der Waals surface area contributed by atoms with Gasteiger partial charge in [0.1, 0.15) is 0 Å². The van der Waals surface area contributed by atoms with Gasteiger partial charge in [0.05, 0.1) is 13.2 Å². The van der Waals surface area contributed by atoms with E-state index in [0.717, 1.165) is 19.3 Å². The standard InChI is InChI=1S/C14H28N2O3/c1-11-4-5-12(10-13(11)15)14(17)16(6-8-18-2)7-9-19-3/h11-13H,4-10,15H2,1-3H3. The topological polar surface area (TPSA) is 64.8 Å². The van der Waals surface area contributed by atoms with Crippen LogP contribution in [-0.2, 0) is 14.3 Å². The zero-order valence-corrected chi connectivity index (χ0v) is 12.4. The van der Waals surface area contributed by atoms with Crippen molar-refractivity contribution in [3.8, 4) is 0 Å². The van der Waals surface area contributed by atoms with Crippen molar-refractivity contribution in [1.29, 1.82) is 0 Å². The molecule has 0 aliphatic heterocycles. The predicted molar refractivity (Wildman–Crippen MR) is 74.8 cm³/mol. The minimum atomic E-state index is 0.0694. The molecule has 0 aromatic carbocycles. The molecular weight excluding hydrogens is 244 g/mol.